The Kier molecular flexibility index (Phi) is 2.89. The van der Waals surface area contributed by atoms with Crippen molar-refractivity contribution in [3.05, 3.63) is 28.2 Å². The Hall–Kier alpha value is -1.36. The van der Waals surface area contributed by atoms with Crippen LogP contribution in [0.25, 0.3) is 0 Å². The van der Waals surface area contributed by atoms with Crippen LogP contribution in [-0.2, 0) is 14.3 Å². The van der Waals surface area contributed by atoms with E-state index < -0.39 is 0 Å². The van der Waals surface area contributed by atoms with E-state index in [1.54, 1.807) is 0 Å². The number of benzene rings is 1. The van der Waals surface area contributed by atoms with Crippen LogP contribution in [0.5, 0.6) is 0 Å². The van der Waals surface area contributed by atoms with Crippen molar-refractivity contribution in [2.24, 2.45) is 23.7 Å². The second-order valence-corrected chi connectivity index (χ2v) is 7.29. The number of hydrogen-bond donors (Lipinski definition) is 1. The van der Waals surface area contributed by atoms with Crippen LogP contribution in [0.15, 0.2) is 22.7 Å². The van der Waals surface area contributed by atoms with E-state index in [0.29, 0.717) is 5.92 Å². The zero-order valence-corrected chi connectivity index (χ0v) is 13.2. The molecule has 2 saturated carbocycles. The van der Waals surface area contributed by atoms with Gasteiger partial charge in [0.1, 0.15) is 6.10 Å². The van der Waals surface area contributed by atoms with E-state index in [9.17, 15) is 9.59 Å². The summed E-state index contributed by atoms with van der Waals surface area (Å²) in [4.78, 5) is 24.6. The fourth-order valence-corrected chi connectivity index (χ4v) is 4.82. The molecule has 3 fully saturated rings. The number of esters is 1. The number of fused-ring (bicyclic) bond motifs is 1. The van der Waals surface area contributed by atoms with Gasteiger partial charge in [0.15, 0.2) is 0 Å². The number of ether oxygens (including phenoxy) is 1. The number of anilines is 1. The SMILES string of the molecule is Cc1cc(Br)ccc1NC(=O)[C@@H]1[C@@H]2C[C@@H]3[C@@H]1C(=O)O[C@H]3C2. The lowest BCUT2D eigenvalue weighted by Gasteiger charge is -2.24. The minimum absolute atomic E-state index is 0.0322. The van der Waals surface area contributed by atoms with Crippen LogP contribution >= 0.6 is 15.9 Å². The van der Waals surface area contributed by atoms with Crippen LogP contribution < -0.4 is 5.32 Å². The monoisotopic (exact) mass is 349 g/mol. The van der Waals surface area contributed by atoms with Gasteiger partial charge in [0.25, 0.3) is 0 Å². The fourth-order valence-electron chi connectivity index (χ4n) is 4.35. The lowest BCUT2D eigenvalue weighted by Crippen LogP contribution is -2.36. The number of amides is 1. The number of carbonyl (C=O) groups is 2. The molecule has 4 nitrogen and oxygen atoms in total. The first-order valence-electron chi connectivity index (χ1n) is 7.32. The second kappa shape index (κ2) is 4.57. The highest BCUT2D eigenvalue weighted by Gasteiger charge is 2.63. The second-order valence-electron chi connectivity index (χ2n) is 6.37. The normalized spacial score (nSPS) is 35.9. The van der Waals surface area contributed by atoms with Gasteiger partial charge in [-0.3, -0.25) is 9.59 Å². The third-order valence-electron chi connectivity index (χ3n) is 5.23. The van der Waals surface area contributed by atoms with Crippen LogP contribution in [0.2, 0.25) is 0 Å². The molecule has 21 heavy (non-hydrogen) atoms. The van der Waals surface area contributed by atoms with Crippen LogP contribution in [0.4, 0.5) is 5.69 Å². The van der Waals surface area contributed by atoms with Crippen molar-refractivity contribution in [2.75, 3.05) is 5.32 Å². The molecule has 0 spiro atoms. The van der Waals surface area contributed by atoms with Gasteiger partial charge in [-0.15, -0.1) is 0 Å². The van der Waals surface area contributed by atoms with Crippen LogP contribution in [0.3, 0.4) is 0 Å². The highest BCUT2D eigenvalue weighted by molar-refractivity contribution is 9.10. The molecule has 2 aliphatic carbocycles. The summed E-state index contributed by atoms with van der Waals surface area (Å²) in [6, 6.07) is 5.76. The van der Waals surface area contributed by atoms with Crippen molar-refractivity contribution in [2.45, 2.75) is 25.9 Å². The zero-order valence-electron chi connectivity index (χ0n) is 11.6. The number of nitrogens with one attached hydrogen (secondary N) is 1. The molecule has 0 unspecified atom stereocenters. The van der Waals surface area contributed by atoms with E-state index in [4.69, 9.17) is 4.74 Å². The largest absolute Gasteiger partial charge is 0.462 e. The van der Waals surface area contributed by atoms with E-state index in [0.717, 1.165) is 28.6 Å². The number of rotatable bonds is 2. The molecule has 4 rings (SSSR count). The molecule has 110 valence electrons. The van der Waals surface area contributed by atoms with E-state index in [2.05, 4.69) is 21.2 Å². The van der Waals surface area contributed by atoms with Crippen molar-refractivity contribution >= 4 is 33.5 Å². The van der Waals surface area contributed by atoms with Crippen LogP contribution in [0.1, 0.15) is 18.4 Å². The molecular weight excluding hydrogens is 334 g/mol. The predicted octanol–water partition coefficient (Wildman–Crippen LogP) is 2.89. The Morgan fingerprint density at radius 1 is 1.38 bits per heavy atom. The minimum atomic E-state index is -0.218. The molecule has 1 amide bonds. The summed E-state index contributed by atoms with van der Waals surface area (Å²) in [5.74, 6) is -0.0711. The average molecular weight is 350 g/mol. The van der Waals surface area contributed by atoms with E-state index in [1.807, 2.05) is 25.1 Å². The lowest BCUT2D eigenvalue weighted by atomic mass is 9.79. The number of carbonyl (C=O) groups excluding carboxylic acids is 2. The molecule has 1 aliphatic heterocycles. The van der Waals surface area contributed by atoms with Gasteiger partial charge in [0.05, 0.1) is 11.8 Å². The van der Waals surface area contributed by atoms with E-state index in [-0.39, 0.29) is 35.7 Å². The van der Waals surface area contributed by atoms with Crippen molar-refractivity contribution in [3.63, 3.8) is 0 Å². The standard InChI is InChI=1S/C16H16BrNO3/c1-7-4-9(17)2-3-11(7)18-15(19)13-8-5-10-12(6-8)21-16(20)14(10)13/h2-4,8,10,12-14H,5-6H2,1H3,(H,18,19)/t8-,10+,12+,13-,14+/m1/s1. The molecule has 1 saturated heterocycles. The molecule has 5 atom stereocenters. The molecule has 1 heterocycles. The highest BCUT2D eigenvalue weighted by atomic mass is 79.9. The number of hydrogen-bond acceptors (Lipinski definition) is 3. The molecule has 1 N–H and O–H groups in total. The first kappa shape index (κ1) is 13.3. The van der Waals surface area contributed by atoms with Crippen molar-refractivity contribution in [3.8, 4) is 0 Å². The van der Waals surface area contributed by atoms with E-state index >= 15 is 0 Å². The molecule has 3 aliphatic rings. The molecule has 0 aromatic heterocycles. The maximum atomic E-state index is 12.6. The highest BCUT2D eigenvalue weighted by Crippen LogP contribution is 2.57. The molecule has 2 bridgehead atoms. The van der Waals surface area contributed by atoms with Crippen LogP contribution in [-0.4, -0.2) is 18.0 Å². The first-order valence-corrected chi connectivity index (χ1v) is 8.11. The summed E-state index contributed by atoms with van der Waals surface area (Å²) in [5.41, 5.74) is 1.82. The van der Waals surface area contributed by atoms with Crippen LogP contribution in [0, 0.1) is 30.6 Å². The Morgan fingerprint density at radius 2 is 2.19 bits per heavy atom. The molecule has 1 aromatic carbocycles. The van der Waals surface area contributed by atoms with Gasteiger partial charge in [-0.25, -0.2) is 0 Å². The van der Waals surface area contributed by atoms with Gasteiger partial charge in [-0.2, -0.15) is 0 Å². The zero-order chi connectivity index (χ0) is 14.7. The summed E-state index contributed by atoms with van der Waals surface area (Å²) in [7, 11) is 0. The lowest BCUT2D eigenvalue weighted by molar-refractivity contribution is -0.145. The third-order valence-corrected chi connectivity index (χ3v) is 5.73. The third kappa shape index (κ3) is 1.94. The summed E-state index contributed by atoms with van der Waals surface area (Å²) in [6.45, 7) is 1.96. The van der Waals surface area contributed by atoms with Gasteiger partial charge < -0.3 is 10.1 Å². The summed E-state index contributed by atoms with van der Waals surface area (Å²) in [6.07, 6.45) is 1.88. The summed E-state index contributed by atoms with van der Waals surface area (Å²) >= 11 is 3.42. The van der Waals surface area contributed by atoms with Gasteiger partial charge >= 0.3 is 5.97 Å². The molecule has 0 radical (unpaired) electrons. The summed E-state index contributed by atoms with van der Waals surface area (Å²) < 4.78 is 6.37. The molecule has 1 aromatic rings. The van der Waals surface area contributed by atoms with Gasteiger partial charge in [-0.1, -0.05) is 15.9 Å². The average Bonchev–Trinajstić information content (AvgIpc) is 3.02. The Labute approximate surface area is 131 Å². The van der Waals surface area contributed by atoms with Gasteiger partial charge in [0.2, 0.25) is 5.91 Å². The number of halogens is 1. The van der Waals surface area contributed by atoms with Crippen molar-refractivity contribution < 1.29 is 14.3 Å². The number of aryl methyl sites for hydroxylation is 1. The quantitative estimate of drug-likeness (QED) is 0.835. The maximum absolute atomic E-state index is 12.6. The Balaban J connectivity index is 1.57. The van der Waals surface area contributed by atoms with Crippen molar-refractivity contribution in [1.29, 1.82) is 0 Å². The van der Waals surface area contributed by atoms with E-state index in [1.165, 1.54) is 0 Å². The minimum Gasteiger partial charge on any atom is -0.462 e. The predicted molar refractivity (Wildman–Crippen MR) is 80.6 cm³/mol. The topological polar surface area (TPSA) is 55.4 Å². The molecule has 5 heteroatoms. The van der Waals surface area contributed by atoms with Crippen molar-refractivity contribution in [1.82, 2.24) is 0 Å². The fraction of sp³-hybridized carbons (Fsp3) is 0.500. The van der Waals surface area contributed by atoms with Gasteiger partial charge in [0, 0.05) is 16.1 Å². The smallest absolute Gasteiger partial charge is 0.310 e. The first-order chi connectivity index (χ1) is 10.0. The summed E-state index contributed by atoms with van der Waals surface area (Å²) in [5, 5.41) is 3.00. The van der Waals surface area contributed by atoms with Gasteiger partial charge in [-0.05, 0) is 49.4 Å². The molecular formula is C16H16BrNO3. The maximum Gasteiger partial charge on any atom is 0.310 e. The Bertz CT molecular complexity index is 642. The Morgan fingerprint density at radius 3 is 2.95 bits per heavy atom.